The molecule has 0 amide bonds. The Hall–Kier alpha value is -1.12. The van der Waals surface area contributed by atoms with Crippen molar-refractivity contribution in [3.8, 4) is 0 Å². The molecule has 0 aromatic heterocycles. The van der Waals surface area contributed by atoms with Gasteiger partial charge in [-0.05, 0) is 6.92 Å². The topological polar surface area (TPSA) is 43.4 Å². The summed E-state index contributed by atoms with van der Waals surface area (Å²) in [4.78, 5) is 20.3. The van der Waals surface area contributed by atoms with Gasteiger partial charge in [0.1, 0.15) is 0 Å². The number of rotatable bonds is 4. The van der Waals surface area contributed by atoms with Gasteiger partial charge in [0.05, 0.1) is 6.26 Å². The molecule has 0 rings (SSSR count). The predicted octanol–water partition coefficient (Wildman–Crippen LogP) is 0.303. The van der Waals surface area contributed by atoms with E-state index in [9.17, 15) is 9.59 Å². The molecule has 0 aromatic rings. The lowest BCUT2D eigenvalue weighted by Crippen LogP contribution is -2.20. The maximum atomic E-state index is 10.4. The van der Waals surface area contributed by atoms with Gasteiger partial charge in [-0.3, -0.25) is 9.59 Å². The van der Waals surface area contributed by atoms with E-state index in [1.165, 1.54) is 6.92 Å². The molecule has 0 spiro atoms. The second-order valence-corrected chi connectivity index (χ2v) is 1.47. The van der Waals surface area contributed by atoms with Crippen LogP contribution < -0.4 is 0 Å². The zero-order chi connectivity index (χ0) is 7.28. The van der Waals surface area contributed by atoms with Gasteiger partial charge in [-0.2, -0.15) is 0 Å². The van der Waals surface area contributed by atoms with Crippen molar-refractivity contribution >= 4 is 12.1 Å². The van der Waals surface area contributed by atoms with Crippen molar-refractivity contribution in [1.82, 2.24) is 0 Å². The van der Waals surface area contributed by atoms with E-state index in [0.717, 1.165) is 6.26 Å². The minimum absolute atomic E-state index is 0.315. The third-order valence-electron chi connectivity index (χ3n) is 0.767. The van der Waals surface area contributed by atoms with Gasteiger partial charge < -0.3 is 4.74 Å². The van der Waals surface area contributed by atoms with Crippen LogP contribution in [0.25, 0.3) is 0 Å². The minimum Gasteiger partial charge on any atom is -0.483 e. The van der Waals surface area contributed by atoms with E-state index in [4.69, 9.17) is 0 Å². The molecule has 3 nitrogen and oxygen atoms in total. The number of Topliss-reactive ketones (excluding diaryl/α,β-unsaturated/α-hetero) is 1. The average Bonchev–Trinajstić information content (AvgIpc) is 1.82. The van der Waals surface area contributed by atoms with Crippen molar-refractivity contribution in [3.05, 3.63) is 12.8 Å². The normalized spacial score (nSPS) is 11.7. The van der Waals surface area contributed by atoms with Crippen LogP contribution in [-0.2, 0) is 14.3 Å². The van der Waals surface area contributed by atoms with Crippen LogP contribution in [0.2, 0.25) is 0 Å². The SMILES string of the molecule is C=COC(C=O)C(C)=O. The smallest absolute Gasteiger partial charge is 0.210 e. The fourth-order valence-corrected chi connectivity index (χ4v) is 0.327. The molecule has 0 aromatic carbocycles. The first kappa shape index (κ1) is 7.88. The van der Waals surface area contributed by atoms with Crippen LogP contribution in [0.5, 0.6) is 0 Å². The van der Waals surface area contributed by atoms with Gasteiger partial charge in [-0.1, -0.05) is 6.58 Å². The Labute approximate surface area is 53.3 Å². The van der Waals surface area contributed by atoms with Crippen LogP contribution in [0.3, 0.4) is 0 Å². The molecule has 0 bridgehead atoms. The van der Waals surface area contributed by atoms with Crippen LogP contribution in [0.1, 0.15) is 6.92 Å². The molecular formula is C6H8O3. The molecule has 3 heteroatoms. The molecule has 0 N–H and O–H groups in total. The summed E-state index contributed by atoms with van der Waals surface area (Å²) >= 11 is 0. The number of hydrogen-bond acceptors (Lipinski definition) is 3. The first-order valence-electron chi connectivity index (χ1n) is 2.44. The van der Waals surface area contributed by atoms with Gasteiger partial charge >= 0.3 is 0 Å². The summed E-state index contributed by atoms with van der Waals surface area (Å²) in [6, 6.07) is 0. The number of carbonyl (C=O) groups is 2. The molecule has 0 fully saturated rings. The van der Waals surface area contributed by atoms with E-state index in [2.05, 4.69) is 11.3 Å². The van der Waals surface area contributed by atoms with E-state index in [-0.39, 0.29) is 5.78 Å². The molecule has 1 atom stereocenters. The average molecular weight is 128 g/mol. The number of hydrogen-bond donors (Lipinski definition) is 0. The Morgan fingerprint density at radius 2 is 2.33 bits per heavy atom. The Morgan fingerprint density at radius 3 is 2.44 bits per heavy atom. The van der Waals surface area contributed by atoms with E-state index >= 15 is 0 Å². The van der Waals surface area contributed by atoms with Crippen molar-refractivity contribution < 1.29 is 14.3 Å². The van der Waals surface area contributed by atoms with Crippen molar-refractivity contribution in [2.45, 2.75) is 13.0 Å². The monoisotopic (exact) mass is 128 g/mol. The highest BCUT2D eigenvalue weighted by molar-refractivity contribution is 5.94. The first-order valence-corrected chi connectivity index (χ1v) is 2.44. The van der Waals surface area contributed by atoms with Crippen LogP contribution >= 0.6 is 0 Å². The number of ketones is 1. The standard InChI is InChI=1S/C6H8O3/c1-3-9-6(4-7)5(2)8/h3-4,6H,1H2,2H3. The van der Waals surface area contributed by atoms with Crippen molar-refractivity contribution in [3.63, 3.8) is 0 Å². The molecule has 0 aliphatic rings. The Morgan fingerprint density at radius 1 is 1.78 bits per heavy atom. The largest absolute Gasteiger partial charge is 0.483 e. The molecule has 0 aliphatic heterocycles. The summed E-state index contributed by atoms with van der Waals surface area (Å²) in [5, 5.41) is 0. The summed E-state index contributed by atoms with van der Waals surface area (Å²) in [6.45, 7) is 4.48. The second-order valence-electron chi connectivity index (χ2n) is 1.47. The Kier molecular flexibility index (Phi) is 3.35. The third-order valence-corrected chi connectivity index (χ3v) is 0.767. The quantitative estimate of drug-likeness (QED) is 0.311. The molecule has 0 aliphatic carbocycles. The van der Waals surface area contributed by atoms with E-state index in [1.54, 1.807) is 0 Å². The Bertz CT molecular complexity index is 128. The van der Waals surface area contributed by atoms with E-state index in [1.807, 2.05) is 0 Å². The molecular weight excluding hydrogens is 120 g/mol. The van der Waals surface area contributed by atoms with Crippen LogP contribution in [0.15, 0.2) is 12.8 Å². The van der Waals surface area contributed by atoms with Crippen LogP contribution in [0, 0.1) is 0 Å². The summed E-state index contributed by atoms with van der Waals surface area (Å²) < 4.78 is 4.50. The maximum absolute atomic E-state index is 10.4. The van der Waals surface area contributed by atoms with Gasteiger partial charge in [-0.15, -0.1) is 0 Å². The van der Waals surface area contributed by atoms with E-state index < -0.39 is 6.10 Å². The van der Waals surface area contributed by atoms with E-state index in [0.29, 0.717) is 6.29 Å². The zero-order valence-electron chi connectivity index (χ0n) is 5.16. The van der Waals surface area contributed by atoms with Gasteiger partial charge in [0.25, 0.3) is 0 Å². The molecule has 0 saturated heterocycles. The third kappa shape index (κ3) is 2.64. The molecule has 0 heterocycles. The van der Waals surface area contributed by atoms with Gasteiger partial charge in [0.15, 0.2) is 12.1 Å². The lowest BCUT2D eigenvalue weighted by molar-refractivity contribution is -0.131. The summed E-state index contributed by atoms with van der Waals surface area (Å²) in [7, 11) is 0. The summed E-state index contributed by atoms with van der Waals surface area (Å²) in [6.07, 6.45) is 0.535. The van der Waals surface area contributed by atoms with Crippen LogP contribution in [0.4, 0.5) is 0 Å². The first-order chi connectivity index (χ1) is 4.22. The predicted molar refractivity (Wildman–Crippen MR) is 31.8 cm³/mol. The van der Waals surface area contributed by atoms with Crippen molar-refractivity contribution in [2.75, 3.05) is 0 Å². The lowest BCUT2D eigenvalue weighted by atomic mass is 10.3. The van der Waals surface area contributed by atoms with Crippen LogP contribution in [-0.4, -0.2) is 18.2 Å². The van der Waals surface area contributed by atoms with Gasteiger partial charge in [0, 0.05) is 0 Å². The molecule has 50 valence electrons. The zero-order valence-corrected chi connectivity index (χ0v) is 5.16. The highest BCUT2D eigenvalue weighted by atomic mass is 16.5. The van der Waals surface area contributed by atoms with Gasteiger partial charge in [0.2, 0.25) is 6.10 Å². The number of ether oxygens (including phenoxy) is 1. The number of carbonyl (C=O) groups excluding carboxylic acids is 2. The summed E-state index contributed by atoms with van der Waals surface area (Å²) in [5.41, 5.74) is 0. The maximum Gasteiger partial charge on any atom is 0.210 e. The lowest BCUT2D eigenvalue weighted by Gasteiger charge is -2.02. The second kappa shape index (κ2) is 3.83. The highest BCUT2D eigenvalue weighted by Crippen LogP contribution is 1.88. The fraction of sp³-hybridized carbons (Fsp3) is 0.333. The molecule has 1 unspecified atom stereocenters. The highest BCUT2D eigenvalue weighted by Gasteiger charge is 2.10. The molecule has 0 saturated carbocycles. The number of aldehydes is 1. The minimum atomic E-state index is -0.970. The van der Waals surface area contributed by atoms with Crippen molar-refractivity contribution in [2.24, 2.45) is 0 Å². The van der Waals surface area contributed by atoms with Gasteiger partial charge in [-0.25, -0.2) is 0 Å². The summed E-state index contributed by atoms with van der Waals surface area (Å²) in [5.74, 6) is -0.315. The molecule has 0 radical (unpaired) electrons. The molecule has 9 heavy (non-hydrogen) atoms. The fourth-order valence-electron chi connectivity index (χ4n) is 0.327. The van der Waals surface area contributed by atoms with Crippen molar-refractivity contribution in [1.29, 1.82) is 0 Å². The Balaban J connectivity index is 3.81.